The average molecular weight is 538 g/mol. The largest absolute Gasteiger partial charge is 0.493 e. The fraction of sp³-hybridized carbons (Fsp3) is 0.250. The zero-order chi connectivity index (χ0) is 21.9. The van der Waals surface area contributed by atoms with Gasteiger partial charge in [-0.2, -0.15) is 22.0 Å². The topological polar surface area (TPSA) is 36.3 Å². The molecular weight excluding hydrogens is 522 g/mol. The van der Waals surface area contributed by atoms with Crippen LogP contribution < -0.4 is 9.47 Å². The first-order valence-corrected chi connectivity index (χ1v) is 9.68. The van der Waals surface area contributed by atoms with Gasteiger partial charge in [0.15, 0.2) is 11.5 Å². The Morgan fingerprint density at radius 1 is 1.03 bits per heavy atom. The molecule has 0 aliphatic rings. The Morgan fingerprint density at radius 3 is 2.30 bits per heavy atom. The van der Waals surface area contributed by atoms with Crippen molar-refractivity contribution >= 4 is 22.6 Å². The van der Waals surface area contributed by atoms with Crippen molar-refractivity contribution in [2.45, 2.75) is 25.3 Å². The van der Waals surface area contributed by atoms with Crippen molar-refractivity contribution in [3.8, 4) is 11.5 Å². The maximum Gasteiger partial charge on any atom is 0.458 e. The minimum atomic E-state index is -5.65. The van der Waals surface area contributed by atoms with E-state index in [0.29, 0.717) is 23.6 Å². The SMILES string of the molecule is COc1cc(Cn2ccnc2)c(I)cc1OCc1ccc(C(F)(F)C(F)(F)F)cc1. The Bertz CT molecular complexity index is 990. The highest BCUT2D eigenvalue weighted by Crippen LogP contribution is 2.43. The molecule has 0 saturated heterocycles. The van der Waals surface area contributed by atoms with Gasteiger partial charge >= 0.3 is 12.1 Å². The predicted octanol–water partition coefficient (Wildman–Crippen LogP) is 5.78. The van der Waals surface area contributed by atoms with Crippen LogP contribution >= 0.6 is 22.6 Å². The quantitative estimate of drug-likeness (QED) is 0.283. The molecule has 0 aliphatic carbocycles. The van der Waals surface area contributed by atoms with Gasteiger partial charge in [-0.1, -0.05) is 24.3 Å². The summed E-state index contributed by atoms with van der Waals surface area (Å²) in [6, 6.07) is 7.46. The number of methoxy groups -OCH3 is 1. The maximum absolute atomic E-state index is 13.4. The lowest BCUT2D eigenvalue weighted by atomic mass is 10.1. The number of ether oxygens (including phenoxy) is 2. The summed E-state index contributed by atoms with van der Waals surface area (Å²) in [6.07, 6.45) is -0.442. The molecule has 0 unspecified atom stereocenters. The van der Waals surface area contributed by atoms with E-state index in [-0.39, 0.29) is 6.61 Å². The van der Waals surface area contributed by atoms with Gasteiger partial charge in [-0.25, -0.2) is 4.98 Å². The first kappa shape index (κ1) is 22.3. The van der Waals surface area contributed by atoms with Crippen molar-refractivity contribution in [3.05, 3.63) is 75.4 Å². The third kappa shape index (κ3) is 4.85. The molecule has 10 heteroatoms. The minimum absolute atomic E-state index is 0.0226. The fourth-order valence-corrected chi connectivity index (χ4v) is 3.29. The Hall–Kier alpha value is -2.37. The van der Waals surface area contributed by atoms with E-state index >= 15 is 0 Å². The summed E-state index contributed by atoms with van der Waals surface area (Å²) < 4.78 is 78.1. The van der Waals surface area contributed by atoms with E-state index in [1.807, 2.05) is 16.8 Å². The number of benzene rings is 2. The van der Waals surface area contributed by atoms with Gasteiger partial charge < -0.3 is 14.0 Å². The summed E-state index contributed by atoms with van der Waals surface area (Å²) in [5.41, 5.74) is 0.308. The number of aromatic nitrogens is 2. The molecule has 1 heterocycles. The number of rotatable bonds is 7. The summed E-state index contributed by atoms with van der Waals surface area (Å²) in [5, 5.41) is 0. The fourth-order valence-electron chi connectivity index (χ4n) is 2.68. The number of hydrogen-bond acceptors (Lipinski definition) is 3. The number of nitrogens with zero attached hydrogens (tertiary/aromatic N) is 2. The molecule has 160 valence electrons. The van der Waals surface area contributed by atoms with Crippen LogP contribution in [0, 0.1) is 3.57 Å². The summed E-state index contributed by atoms with van der Waals surface area (Å²) in [7, 11) is 1.49. The third-order valence-electron chi connectivity index (χ3n) is 4.31. The maximum atomic E-state index is 13.4. The van der Waals surface area contributed by atoms with E-state index in [2.05, 4.69) is 27.6 Å². The first-order valence-electron chi connectivity index (χ1n) is 8.60. The van der Waals surface area contributed by atoms with E-state index in [1.54, 1.807) is 18.6 Å². The van der Waals surface area contributed by atoms with E-state index < -0.39 is 17.7 Å². The molecular formula is C20H16F5IN2O2. The number of halogens is 6. The summed E-state index contributed by atoms with van der Waals surface area (Å²) in [5.74, 6) is -4.00. The van der Waals surface area contributed by atoms with Gasteiger partial charge in [0.1, 0.15) is 6.61 Å². The van der Waals surface area contributed by atoms with Crippen molar-refractivity contribution in [2.75, 3.05) is 7.11 Å². The van der Waals surface area contributed by atoms with E-state index in [9.17, 15) is 22.0 Å². The highest BCUT2D eigenvalue weighted by molar-refractivity contribution is 14.1. The highest BCUT2D eigenvalue weighted by Gasteiger charge is 2.58. The molecule has 0 radical (unpaired) electrons. The molecule has 0 aliphatic heterocycles. The van der Waals surface area contributed by atoms with Crippen LogP contribution in [0.5, 0.6) is 11.5 Å². The standard InChI is InChI=1S/C20H16F5IN2O2/c1-29-17-8-14(10-28-7-6-27-12-28)16(26)9-18(17)30-11-13-2-4-15(5-3-13)19(21,22)20(23,24)25/h2-9,12H,10-11H2,1H3. The Balaban J connectivity index is 1.73. The van der Waals surface area contributed by atoms with Gasteiger partial charge in [0.2, 0.25) is 0 Å². The van der Waals surface area contributed by atoms with Crippen LogP contribution in [-0.2, 0) is 19.1 Å². The molecule has 3 rings (SSSR count). The molecule has 30 heavy (non-hydrogen) atoms. The second kappa shape index (κ2) is 8.78. The van der Waals surface area contributed by atoms with Crippen LogP contribution in [0.4, 0.5) is 22.0 Å². The zero-order valence-electron chi connectivity index (χ0n) is 15.6. The van der Waals surface area contributed by atoms with Crippen molar-refractivity contribution in [2.24, 2.45) is 0 Å². The van der Waals surface area contributed by atoms with Gasteiger partial charge in [0, 0.05) is 28.1 Å². The number of hydrogen-bond donors (Lipinski definition) is 0. The molecule has 1 aromatic heterocycles. The summed E-state index contributed by atoms with van der Waals surface area (Å²) in [4.78, 5) is 4.00. The van der Waals surface area contributed by atoms with Gasteiger partial charge in [-0.15, -0.1) is 0 Å². The van der Waals surface area contributed by atoms with Crippen LogP contribution in [0.25, 0.3) is 0 Å². The highest BCUT2D eigenvalue weighted by atomic mass is 127. The van der Waals surface area contributed by atoms with Gasteiger partial charge in [-0.3, -0.25) is 0 Å². The van der Waals surface area contributed by atoms with Crippen molar-refractivity contribution in [1.29, 1.82) is 0 Å². The molecule has 0 bridgehead atoms. The first-order chi connectivity index (χ1) is 14.1. The van der Waals surface area contributed by atoms with Crippen LogP contribution in [-0.4, -0.2) is 22.8 Å². The predicted molar refractivity (Wildman–Crippen MR) is 108 cm³/mol. The number of alkyl halides is 5. The molecule has 2 aromatic carbocycles. The average Bonchev–Trinajstić information content (AvgIpc) is 3.20. The van der Waals surface area contributed by atoms with E-state index in [0.717, 1.165) is 21.3 Å². The van der Waals surface area contributed by atoms with Gasteiger partial charge in [0.05, 0.1) is 13.4 Å². The Kier molecular flexibility index (Phi) is 6.53. The minimum Gasteiger partial charge on any atom is -0.493 e. The molecule has 3 aromatic rings. The van der Waals surface area contributed by atoms with Crippen molar-refractivity contribution in [3.63, 3.8) is 0 Å². The number of imidazole rings is 1. The van der Waals surface area contributed by atoms with E-state index in [4.69, 9.17) is 9.47 Å². The molecule has 0 N–H and O–H groups in total. The van der Waals surface area contributed by atoms with Crippen molar-refractivity contribution in [1.82, 2.24) is 9.55 Å². The Labute approximate surface area is 182 Å². The second-order valence-corrected chi connectivity index (χ2v) is 7.55. The lowest BCUT2D eigenvalue weighted by Gasteiger charge is -2.20. The van der Waals surface area contributed by atoms with Crippen molar-refractivity contribution < 1.29 is 31.4 Å². The van der Waals surface area contributed by atoms with Crippen LogP contribution in [0.2, 0.25) is 0 Å². The second-order valence-electron chi connectivity index (χ2n) is 6.39. The normalized spacial score (nSPS) is 12.1. The lowest BCUT2D eigenvalue weighted by Crippen LogP contribution is -2.33. The zero-order valence-corrected chi connectivity index (χ0v) is 17.7. The monoisotopic (exact) mass is 538 g/mol. The van der Waals surface area contributed by atoms with Crippen LogP contribution in [0.1, 0.15) is 16.7 Å². The summed E-state index contributed by atoms with van der Waals surface area (Å²) >= 11 is 2.16. The summed E-state index contributed by atoms with van der Waals surface area (Å²) in [6.45, 7) is 0.564. The third-order valence-corrected chi connectivity index (χ3v) is 5.32. The Morgan fingerprint density at radius 2 is 1.73 bits per heavy atom. The van der Waals surface area contributed by atoms with Gasteiger partial charge in [-0.05, 0) is 45.9 Å². The molecule has 4 nitrogen and oxygen atoms in total. The molecule has 0 saturated carbocycles. The smallest absolute Gasteiger partial charge is 0.458 e. The van der Waals surface area contributed by atoms with Gasteiger partial charge in [0.25, 0.3) is 0 Å². The molecule has 0 amide bonds. The van der Waals surface area contributed by atoms with Crippen LogP contribution in [0.15, 0.2) is 55.1 Å². The molecule has 0 spiro atoms. The lowest BCUT2D eigenvalue weighted by molar-refractivity contribution is -0.289. The van der Waals surface area contributed by atoms with E-state index in [1.165, 1.54) is 19.2 Å². The molecule has 0 atom stereocenters. The van der Waals surface area contributed by atoms with Crippen LogP contribution in [0.3, 0.4) is 0 Å². The molecule has 0 fully saturated rings.